The van der Waals surface area contributed by atoms with Gasteiger partial charge in [0.1, 0.15) is 0 Å². The first kappa shape index (κ1) is 6.81. The van der Waals surface area contributed by atoms with Crippen molar-refractivity contribution in [3.05, 3.63) is 12.2 Å². The third-order valence-electron chi connectivity index (χ3n) is 2.18. The van der Waals surface area contributed by atoms with Gasteiger partial charge in [0.2, 0.25) is 0 Å². The van der Waals surface area contributed by atoms with Crippen molar-refractivity contribution in [3.63, 3.8) is 0 Å². The highest BCUT2D eigenvalue weighted by Crippen LogP contribution is 2.30. The summed E-state index contributed by atoms with van der Waals surface area (Å²) in [4.78, 5) is 0. The minimum atomic E-state index is -0.417. The molecule has 0 aromatic rings. The van der Waals surface area contributed by atoms with Gasteiger partial charge >= 0.3 is 0 Å². The van der Waals surface area contributed by atoms with Crippen molar-refractivity contribution in [3.8, 4) is 0 Å². The largest absolute Gasteiger partial charge is 0.389 e. The summed E-state index contributed by atoms with van der Waals surface area (Å²) >= 11 is 0. The maximum atomic E-state index is 9.71. The van der Waals surface area contributed by atoms with E-state index in [0.717, 1.165) is 12.8 Å². The summed E-state index contributed by atoms with van der Waals surface area (Å²) in [6, 6.07) is 0. The van der Waals surface area contributed by atoms with Gasteiger partial charge < -0.3 is 5.11 Å². The summed E-state index contributed by atoms with van der Waals surface area (Å²) in [5.74, 6) is 0.382. The summed E-state index contributed by atoms with van der Waals surface area (Å²) in [7, 11) is 0. The molecule has 0 aromatic heterocycles. The predicted molar refractivity (Wildman–Crippen MR) is 38.2 cm³/mol. The van der Waals surface area contributed by atoms with E-state index >= 15 is 0 Å². The fourth-order valence-electron chi connectivity index (χ4n) is 1.13. The Bertz CT molecular complexity index is 117. The summed E-state index contributed by atoms with van der Waals surface area (Å²) in [6.45, 7) is 4.12. The average Bonchev–Trinajstić information content (AvgIpc) is 2.16. The van der Waals surface area contributed by atoms with Crippen molar-refractivity contribution in [1.82, 2.24) is 0 Å². The van der Waals surface area contributed by atoms with Gasteiger partial charge in [0.25, 0.3) is 0 Å². The van der Waals surface area contributed by atoms with Crippen LogP contribution in [0.2, 0.25) is 0 Å². The van der Waals surface area contributed by atoms with Crippen molar-refractivity contribution >= 4 is 0 Å². The molecule has 0 aliphatic heterocycles. The Morgan fingerprint density at radius 2 is 1.78 bits per heavy atom. The second-order valence-electron chi connectivity index (χ2n) is 3.14. The second-order valence-corrected chi connectivity index (χ2v) is 3.14. The fourth-order valence-corrected chi connectivity index (χ4v) is 1.13. The van der Waals surface area contributed by atoms with Crippen molar-refractivity contribution in [2.24, 2.45) is 5.92 Å². The number of aliphatic hydroxyl groups is 1. The Morgan fingerprint density at radius 3 is 2.00 bits per heavy atom. The Labute approximate surface area is 56.4 Å². The van der Waals surface area contributed by atoms with Crippen LogP contribution in [0, 0.1) is 5.92 Å². The molecule has 0 heterocycles. The van der Waals surface area contributed by atoms with Crippen molar-refractivity contribution in [1.29, 1.82) is 0 Å². The van der Waals surface area contributed by atoms with Gasteiger partial charge in [0.05, 0.1) is 5.60 Å². The minimum Gasteiger partial charge on any atom is -0.389 e. The van der Waals surface area contributed by atoms with E-state index in [2.05, 4.69) is 26.0 Å². The van der Waals surface area contributed by atoms with E-state index in [1.54, 1.807) is 0 Å². The maximum absolute atomic E-state index is 9.71. The Kier molecular flexibility index (Phi) is 1.62. The molecular formula is C8H14O. The van der Waals surface area contributed by atoms with Gasteiger partial charge in [0, 0.05) is 0 Å². The molecule has 1 aliphatic rings. The van der Waals surface area contributed by atoms with Crippen LogP contribution >= 0.6 is 0 Å². The molecule has 1 heteroatoms. The fraction of sp³-hybridized carbons (Fsp3) is 0.750. The lowest BCUT2D eigenvalue weighted by Gasteiger charge is -2.26. The molecule has 52 valence electrons. The third-order valence-corrected chi connectivity index (χ3v) is 2.18. The van der Waals surface area contributed by atoms with Gasteiger partial charge in [-0.05, 0) is 18.8 Å². The standard InChI is InChI=1S/C8H14O/c1-7(2)8(9)5-3-4-6-8/h3-4,7,9H,5-6H2,1-2H3. The molecule has 0 spiro atoms. The monoisotopic (exact) mass is 126 g/mol. The molecule has 0 radical (unpaired) electrons. The van der Waals surface area contributed by atoms with Gasteiger partial charge in [-0.15, -0.1) is 0 Å². The molecule has 0 unspecified atom stereocenters. The molecule has 1 aliphatic carbocycles. The van der Waals surface area contributed by atoms with Crippen LogP contribution in [0.25, 0.3) is 0 Å². The van der Waals surface area contributed by atoms with Crippen molar-refractivity contribution in [2.45, 2.75) is 32.3 Å². The molecule has 0 aromatic carbocycles. The van der Waals surface area contributed by atoms with Crippen molar-refractivity contribution < 1.29 is 5.11 Å². The average molecular weight is 126 g/mol. The smallest absolute Gasteiger partial charge is 0.0739 e. The molecule has 0 saturated heterocycles. The second kappa shape index (κ2) is 2.14. The summed E-state index contributed by atoms with van der Waals surface area (Å²) < 4.78 is 0. The summed E-state index contributed by atoms with van der Waals surface area (Å²) in [6.07, 6.45) is 5.79. The van der Waals surface area contributed by atoms with E-state index in [0.29, 0.717) is 5.92 Å². The van der Waals surface area contributed by atoms with E-state index in [9.17, 15) is 5.11 Å². The zero-order valence-corrected chi connectivity index (χ0v) is 6.09. The zero-order valence-electron chi connectivity index (χ0n) is 6.09. The van der Waals surface area contributed by atoms with E-state index in [4.69, 9.17) is 0 Å². The lowest BCUT2D eigenvalue weighted by Crippen LogP contribution is -2.31. The molecule has 1 rings (SSSR count). The first-order chi connectivity index (χ1) is 4.15. The van der Waals surface area contributed by atoms with E-state index in [-0.39, 0.29) is 0 Å². The zero-order chi connectivity index (χ0) is 6.91. The predicted octanol–water partition coefficient (Wildman–Crippen LogP) is 1.72. The topological polar surface area (TPSA) is 20.2 Å². The van der Waals surface area contributed by atoms with Gasteiger partial charge in [-0.2, -0.15) is 0 Å². The van der Waals surface area contributed by atoms with Crippen LogP contribution < -0.4 is 0 Å². The number of hydrogen-bond acceptors (Lipinski definition) is 1. The van der Waals surface area contributed by atoms with Crippen LogP contribution in [0.4, 0.5) is 0 Å². The molecule has 0 amide bonds. The first-order valence-electron chi connectivity index (χ1n) is 3.52. The molecule has 1 N–H and O–H groups in total. The van der Waals surface area contributed by atoms with Crippen LogP contribution in [0.1, 0.15) is 26.7 Å². The molecule has 1 nitrogen and oxygen atoms in total. The van der Waals surface area contributed by atoms with Gasteiger partial charge in [-0.3, -0.25) is 0 Å². The van der Waals surface area contributed by atoms with E-state index in [1.165, 1.54) is 0 Å². The maximum Gasteiger partial charge on any atom is 0.0739 e. The first-order valence-corrected chi connectivity index (χ1v) is 3.52. The highest BCUT2D eigenvalue weighted by Gasteiger charge is 2.30. The highest BCUT2D eigenvalue weighted by atomic mass is 16.3. The van der Waals surface area contributed by atoms with Crippen LogP contribution in [-0.4, -0.2) is 10.7 Å². The van der Waals surface area contributed by atoms with Crippen LogP contribution in [0.15, 0.2) is 12.2 Å². The normalized spacial score (nSPS) is 23.6. The van der Waals surface area contributed by atoms with E-state index < -0.39 is 5.60 Å². The molecule has 0 atom stereocenters. The van der Waals surface area contributed by atoms with E-state index in [1.807, 2.05) is 0 Å². The summed E-state index contributed by atoms with van der Waals surface area (Å²) in [5, 5.41) is 9.71. The molecule has 0 fully saturated rings. The van der Waals surface area contributed by atoms with Gasteiger partial charge in [-0.25, -0.2) is 0 Å². The Hall–Kier alpha value is -0.300. The number of hydrogen-bond donors (Lipinski definition) is 1. The Balaban J connectivity index is 2.55. The lowest BCUT2D eigenvalue weighted by atomic mass is 9.88. The Morgan fingerprint density at radius 1 is 1.33 bits per heavy atom. The minimum absolute atomic E-state index is 0.382. The molecule has 0 saturated carbocycles. The molecule has 9 heavy (non-hydrogen) atoms. The SMILES string of the molecule is CC(C)C1(O)CC=CC1. The van der Waals surface area contributed by atoms with Crippen molar-refractivity contribution in [2.75, 3.05) is 0 Å². The van der Waals surface area contributed by atoms with Crippen LogP contribution in [-0.2, 0) is 0 Å². The lowest BCUT2D eigenvalue weighted by molar-refractivity contribution is 0.00776. The highest BCUT2D eigenvalue weighted by molar-refractivity contribution is 5.04. The van der Waals surface area contributed by atoms with Gasteiger partial charge in [0.15, 0.2) is 0 Å². The number of rotatable bonds is 1. The van der Waals surface area contributed by atoms with Gasteiger partial charge in [-0.1, -0.05) is 26.0 Å². The third kappa shape index (κ3) is 1.16. The quantitative estimate of drug-likeness (QED) is 0.530. The molecular weight excluding hydrogens is 112 g/mol. The van der Waals surface area contributed by atoms with Crippen LogP contribution in [0.5, 0.6) is 0 Å². The van der Waals surface area contributed by atoms with Crippen LogP contribution in [0.3, 0.4) is 0 Å². The molecule has 0 bridgehead atoms. The summed E-state index contributed by atoms with van der Waals surface area (Å²) in [5.41, 5.74) is -0.417.